The second-order valence-electron chi connectivity index (χ2n) is 3.33. The van der Waals surface area contributed by atoms with Crippen LogP contribution in [0.5, 0.6) is 0 Å². The predicted octanol–water partition coefficient (Wildman–Crippen LogP) is 1.26. The molecule has 70 valence electrons. The number of hydrogen-bond donors (Lipinski definition) is 0. The lowest BCUT2D eigenvalue weighted by Crippen LogP contribution is -2.30. The predicted molar refractivity (Wildman–Crippen MR) is 50.4 cm³/mol. The van der Waals surface area contributed by atoms with E-state index in [0.717, 1.165) is 12.8 Å². The van der Waals surface area contributed by atoms with Gasteiger partial charge in [-0.1, -0.05) is 6.08 Å². The molecule has 1 aliphatic carbocycles. The highest BCUT2D eigenvalue weighted by Gasteiger charge is 2.22. The van der Waals surface area contributed by atoms with Crippen molar-refractivity contribution in [3.05, 3.63) is 22.9 Å². The summed E-state index contributed by atoms with van der Waals surface area (Å²) in [4.78, 5) is 11.6. The third-order valence-electron chi connectivity index (χ3n) is 2.45. The van der Waals surface area contributed by atoms with Gasteiger partial charge in [-0.05, 0) is 26.2 Å². The topological polar surface area (TPSA) is 39.8 Å². The molecule has 0 spiro atoms. The molecule has 0 aliphatic heterocycles. The van der Waals surface area contributed by atoms with Crippen LogP contribution in [-0.4, -0.2) is 14.3 Å². The van der Waals surface area contributed by atoms with Crippen molar-refractivity contribution in [1.82, 2.24) is 14.3 Å². The van der Waals surface area contributed by atoms with E-state index in [4.69, 9.17) is 0 Å². The standard InChI is InChI=1S/C9H13N3O/c1-2-6-11-7-10-12(9(11)13)8-4-3-5-8/h2,6-8H,3-5H2,1H3/b6-2-. The Morgan fingerprint density at radius 3 is 2.92 bits per heavy atom. The Morgan fingerprint density at radius 1 is 1.62 bits per heavy atom. The van der Waals surface area contributed by atoms with Crippen LogP contribution in [0.25, 0.3) is 6.20 Å². The zero-order chi connectivity index (χ0) is 9.26. The van der Waals surface area contributed by atoms with E-state index in [1.54, 1.807) is 17.2 Å². The molecule has 0 bridgehead atoms. The second-order valence-corrected chi connectivity index (χ2v) is 3.33. The minimum atomic E-state index is -0.0252. The summed E-state index contributed by atoms with van der Waals surface area (Å²) in [6, 6.07) is 0.346. The normalized spacial score (nSPS) is 17.9. The van der Waals surface area contributed by atoms with Gasteiger partial charge in [0.15, 0.2) is 0 Å². The largest absolute Gasteiger partial charge is 0.350 e. The van der Waals surface area contributed by atoms with Crippen LogP contribution in [0.15, 0.2) is 17.2 Å². The van der Waals surface area contributed by atoms with Crippen LogP contribution in [0.2, 0.25) is 0 Å². The first-order valence-electron chi connectivity index (χ1n) is 4.61. The van der Waals surface area contributed by atoms with Crippen LogP contribution in [-0.2, 0) is 0 Å². The summed E-state index contributed by atoms with van der Waals surface area (Å²) in [7, 11) is 0. The molecule has 0 radical (unpaired) electrons. The van der Waals surface area contributed by atoms with Crippen molar-refractivity contribution < 1.29 is 0 Å². The molecule has 0 saturated heterocycles. The van der Waals surface area contributed by atoms with Gasteiger partial charge in [-0.2, -0.15) is 5.10 Å². The molecule has 4 nitrogen and oxygen atoms in total. The molecule has 0 amide bonds. The van der Waals surface area contributed by atoms with Crippen molar-refractivity contribution in [2.45, 2.75) is 32.2 Å². The van der Waals surface area contributed by atoms with Gasteiger partial charge in [-0.15, -0.1) is 0 Å². The average molecular weight is 179 g/mol. The van der Waals surface area contributed by atoms with Crippen molar-refractivity contribution in [3.8, 4) is 0 Å². The highest BCUT2D eigenvalue weighted by molar-refractivity contribution is 5.18. The summed E-state index contributed by atoms with van der Waals surface area (Å²) in [5, 5.41) is 4.07. The van der Waals surface area contributed by atoms with Crippen molar-refractivity contribution in [2.75, 3.05) is 0 Å². The molecule has 0 unspecified atom stereocenters. The fourth-order valence-electron chi connectivity index (χ4n) is 1.47. The van der Waals surface area contributed by atoms with Gasteiger partial charge in [0.1, 0.15) is 6.33 Å². The molecule has 1 aliphatic rings. The van der Waals surface area contributed by atoms with E-state index in [1.165, 1.54) is 11.0 Å². The average Bonchev–Trinajstić information content (AvgIpc) is 2.34. The van der Waals surface area contributed by atoms with E-state index < -0.39 is 0 Å². The summed E-state index contributed by atoms with van der Waals surface area (Å²) < 4.78 is 3.10. The van der Waals surface area contributed by atoms with E-state index >= 15 is 0 Å². The maximum absolute atomic E-state index is 11.6. The van der Waals surface area contributed by atoms with Crippen LogP contribution in [0, 0.1) is 0 Å². The van der Waals surface area contributed by atoms with Crippen molar-refractivity contribution in [3.63, 3.8) is 0 Å². The molecule has 2 rings (SSSR count). The molecule has 1 saturated carbocycles. The Balaban J connectivity index is 2.32. The molecule has 1 heterocycles. The van der Waals surface area contributed by atoms with Gasteiger partial charge in [-0.25, -0.2) is 9.48 Å². The molecule has 0 aromatic carbocycles. The molecular weight excluding hydrogens is 166 g/mol. The summed E-state index contributed by atoms with van der Waals surface area (Å²) in [6.07, 6.45) is 8.52. The van der Waals surface area contributed by atoms with E-state index in [-0.39, 0.29) is 5.69 Å². The molecule has 1 aromatic heterocycles. The zero-order valence-electron chi connectivity index (χ0n) is 7.68. The molecule has 4 heteroatoms. The van der Waals surface area contributed by atoms with E-state index in [0.29, 0.717) is 6.04 Å². The van der Waals surface area contributed by atoms with Gasteiger partial charge >= 0.3 is 5.69 Å². The summed E-state index contributed by atoms with van der Waals surface area (Å²) in [5.41, 5.74) is -0.0252. The van der Waals surface area contributed by atoms with Crippen LogP contribution < -0.4 is 5.69 Å². The fourth-order valence-corrected chi connectivity index (χ4v) is 1.47. The number of aromatic nitrogens is 3. The second kappa shape index (κ2) is 3.20. The Hall–Kier alpha value is -1.32. The van der Waals surface area contributed by atoms with Crippen molar-refractivity contribution in [2.24, 2.45) is 0 Å². The first kappa shape index (κ1) is 8.29. The van der Waals surface area contributed by atoms with Gasteiger partial charge in [0.2, 0.25) is 0 Å². The molecule has 1 fully saturated rings. The Bertz CT molecular complexity index is 370. The highest BCUT2D eigenvalue weighted by atomic mass is 16.2. The van der Waals surface area contributed by atoms with Crippen LogP contribution in [0.3, 0.4) is 0 Å². The SMILES string of the molecule is C/C=C\n1cnn(C2CCC2)c1=O. The number of rotatable bonds is 2. The molecule has 0 N–H and O–H groups in total. The minimum absolute atomic E-state index is 0.0252. The fraction of sp³-hybridized carbons (Fsp3) is 0.556. The van der Waals surface area contributed by atoms with Crippen molar-refractivity contribution in [1.29, 1.82) is 0 Å². The Morgan fingerprint density at radius 2 is 2.38 bits per heavy atom. The number of allylic oxidation sites excluding steroid dienone is 1. The Labute approximate surface area is 76.5 Å². The zero-order valence-corrected chi connectivity index (χ0v) is 7.68. The summed E-state index contributed by atoms with van der Waals surface area (Å²) in [6.45, 7) is 1.88. The third kappa shape index (κ3) is 1.32. The van der Waals surface area contributed by atoms with Gasteiger partial charge in [-0.3, -0.25) is 4.57 Å². The quantitative estimate of drug-likeness (QED) is 0.685. The van der Waals surface area contributed by atoms with Gasteiger partial charge in [0.05, 0.1) is 6.04 Å². The molecular formula is C9H13N3O. The number of nitrogens with zero attached hydrogens (tertiary/aromatic N) is 3. The van der Waals surface area contributed by atoms with Crippen LogP contribution in [0.4, 0.5) is 0 Å². The minimum Gasteiger partial charge on any atom is -0.257 e. The van der Waals surface area contributed by atoms with E-state index in [2.05, 4.69) is 5.10 Å². The number of hydrogen-bond acceptors (Lipinski definition) is 2. The smallest absolute Gasteiger partial charge is 0.257 e. The van der Waals surface area contributed by atoms with Crippen LogP contribution >= 0.6 is 0 Å². The van der Waals surface area contributed by atoms with E-state index in [1.807, 2.05) is 13.0 Å². The maximum Gasteiger partial charge on any atom is 0.350 e. The first-order chi connectivity index (χ1) is 6.33. The van der Waals surface area contributed by atoms with E-state index in [9.17, 15) is 4.79 Å². The lowest BCUT2D eigenvalue weighted by molar-refractivity contribution is 0.281. The van der Waals surface area contributed by atoms with Crippen molar-refractivity contribution >= 4 is 6.20 Å². The monoisotopic (exact) mass is 179 g/mol. The molecule has 1 aromatic rings. The first-order valence-corrected chi connectivity index (χ1v) is 4.61. The molecule has 0 atom stereocenters. The summed E-state index contributed by atoms with van der Waals surface area (Å²) >= 11 is 0. The lowest BCUT2D eigenvalue weighted by Gasteiger charge is -2.24. The van der Waals surface area contributed by atoms with Gasteiger partial charge in [0.25, 0.3) is 0 Å². The maximum atomic E-state index is 11.6. The lowest BCUT2D eigenvalue weighted by atomic mass is 9.93. The summed E-state index contributed by atoms with van der Waals surface area (Å²) in [5.74, 6) is 0. The van der Waals surface area contributed by atoms with Gasteiger partial charge in [0, 0.05) is 6.20 Å². The third-order valence-corrected chi connectivity index (χ3v) is 2.45. The Kier molecular flexibility index (Phi) is 2.04. The highest BCUT2D eigenvalue weighted by Crippen LogP contribution is 2.29. The molecule has 13 heavy (non-hydrogen) atoms. The van der Waals surface area contributed by atoms with Crippen LogP contribution in [0.1, 0.15) is 32.2 Å². The van der Waals surface area contributed by atoms with Gasteiger partial charge < -0.3 is 0 Å².